The lowest BCUT2D eigenvalue weighted by molar-refractivity contribution is 1.31. The Labute approximate surface area is 88.6 Å². The highest BCUT2D eigenvalue weighted by molar-refractivity contribution is 7.78. The fraction of sp³-hybridized carbons (Fsp3) is 0.200. The van der Waals surface area contributed by atoms with Crippen LogP contribution in [0.3, 0.4) is 0 Å². The van der Waals surface area contributed by atoms with E-state index in [4.69, 9.17) is 0 Å². The molecule has 0 amide bonds. The van der Waals surface area contributed by atoms with E-state index in [0.717, 1.165) is 17.1 Å². The lowest BCUT2D eigenvalue weighted by atomic mass is 10.3. The molecule has 0 radical (unpaired) electrons. The number of benzene rings is 1. The summed E-state index contributed by atoms with van der Waals surface area (Å²) in [5.74, 6) is 0. The number of anilines is 1. The Balaban J connectivity index is 2.95. The van der Waals surface area contributed by atoms with Crippen molar-refractivity contribution in [2.45, 2.75) is 13.8 Å². The molecule has 3 nitrogen and oxygen atoms in total. The number of isothiocyanates is 1. The number of thiocarbonyl (C=S) groups is 1. The average molecular weight is 205 g/mol. The molecule has 0 fully saturated rings. The van der Waals surface area contributed by atoms with E-state index >= 15 is 0 Å². The summed E-state index contributed by atoms with van der Waals surface area (Å²) in [7, 11) is 0. The third-order valence-electron chi connectivity index (χ3n) is 1.47. The van der Waals surface area contributed by atoms with E-state index in [9.17, 15) is 0 Å². The normalized spacial score (nSPS) is 8.71. The molecule has 14 heavy (non-hydrogen) atoms. The number of nitrogens with zero attached hydrogens (tertiary/aromatic N) is 2. The second-order valence-electron chi connectivity index (χ2n) is 2.89. The standard InChI is InChI=1S/C10H11N3S/c1-8(2)12-13-10-6-4-3-5-9(10)11-7-14/h3-6,13H,1-2H3. The molecule has 0 saturated carbocycles. The fourth-order valence-corrected chi connectivity index (χ4v) is 0.985. The highest BCUT2D eigenvalue weighted by Gasteiger charge is 1.96. The summed E-state index contributed by atoms with van der Waals surface area (Å²) < 4.78 is 0. The van der Waals surface area contributed by atoms with Gasteiger partial charge >= 0.3 is 0 Å². The molecule has 0 bridgehead atoms. The Morgan fingerprint density at radius 3 is 2.71 bits per heavy atom. The van der Waals surface area contributed by atoms with Crippen molar-refractivity contribution in [1.29, 1.82) is 0 Å². The predicted octanol–water partition coefficient (Wildman–Crippen LogP) is 3.23. The number of hydrazone groups is 1. The Kier molecular flexibility index (Phi) is 3.98. The molecule has 0 spiro atoms. The summed E-state index contributed by atoms with van der Waals surface area (Å²) in [6.45, 7) is 3.83. The van der Waals surface area contributed by atoms with E-state index in [1.807, 2.05) is 38.1 Å². The maximum absolute atomic E-state index is 4.55. The molecule has 0 aliphatic carbocycles. The molecule has 1 N–H and O–H groups in total. The van der Waals surface area contributed by atoms with E-state index in [1.54, 1.807) is 0 Å². The number of hydrogen-bond acceptors (Lipinski definition) is 4. The summed E-state index contributed by atoms with van der Waals surface area (Å²) in [6, 6.07) is 7.53. The summed E-state index contributed by atoms with van der Waals surface area (Å²) in [5.41, 5.74) is 5.42. The summed E-state index contributed by atoms with van der Waals surface area (Å²) in [4.78, 5) is 3.92. The van der Waals surface area contributed by atoms with E-state index in [2.05, 4.69) is 32.9 Å². The van der Waals surface area contributed by atoms with Crippen LogP contribution in [0.2, 0.25) is 0 Å². The van der Waals surface area contributed by atoms with Gasteiger partial charge in [-0.3, -0.25) is 5.43 Å². The highest BCUT2D eigenvalue weighted by Crippen LogP contribution is 2.23. The van der Waals surface area contributed by atoms with E-state index < -0.39 is 0 Å². The average Bonchev–Trinajstić information content (AvgIpc) is 2.17. The van der Waals surface area contributed by atoms with Crippen molar-refractivity contribution in [3.05, 3.63) is 24.3 Å². The molecule has 0 aromatic heterocycles. The van der Waals surface area contributed by atoms with Crippen LogP contribution in [-0.4, -0.2) is 10.9 Å². The van der Waals surface area contributed by atoms with Crippen LogP contribution in [0, 0.1) is 0 Å². The molecule has 72 valence electrons. The summed E-state index contributed by atoms with van der Waals surface area (Å²) >= 11 is 4.55. The molecule has 0 unspecified atom stereocenters. The van der Waals surface area contributed by atoms with Gasteiger partial charge in [0.25, 0.3) is 0 Å². The lowest BCUT2D eigenvalue weighted by Gasteiger charge is -2.03. The SMILES string of the molecule is CC(C)=NNc1ccccc1N=C=S. The molecular formula is C10H11N3S. The van der Waals surface area contributed by atoms with Gasteiger partial charge < -0.3 is 0 Å². The molecule has 0 aliphatic rings. The van der Waals surface area contributed by atoms with Crippen LogP contribution in [0.4, 0.5) is 11.4 Å². The Morgan fingerprint density at radius 1 is 1.36 bits per heavy atom. The van der Waals surface area contributed by atoms with Gasteiger partial charge in [0, 0.05) is 5.71 Å². The minimum atomic E-state index is 0.743. The van der Waals surface area contributed by atoms with Crippen molar-refractivity contribution in [1.82, 2.24) is 0 Å². The first-order chi connectivity index (χ1) is 6.74. The number of para-hydroxylation sites is 2. The molecule has 0 atom stereocenters. The smallest absolute Gasteiger partial charge is 0.0989 e. The summed E-state index contributed by atoms with van der Waals surface area (Å²) in [6.07, 6.45) is 0. The molecule has 0 saturated heterocycles. The highest BCUT2D eigenvalue weighted by atomic mass is 32.1. The zero-order valence-corrected chi connectivity index (χ0v) is 8.93. The van der Waals surface area contributed by atoms with Gasteiger partial charge in [0.1, 0.15) is 0 Å². The van der Waals surface area contributed by atoms with Gasteiger partial charge in [0.2, 0.25) is 0 Å². The van der Waals surface area contributed by atoms with E-state index in [-0.39, 0.29) is 0 Å². The van der Waals surface area contributed by atoms with Gasteiger partial charge in [-0.25, -0.2) is 0 Å². The van der Waals surface area contributed by atoms with Crippen molar-refractivity contribution < 1.29 is 0 Å². The van der Waals surface area contributed by atoms with Crippen molar-refractivity contribution in [2.75, 3.05) is 5.43 Å². The third-order valence-corrected chi connectivity index (χ3v) is 1.56. The van der Waals surface area contributed by atoms with Crippen LogP contribution in [-0.2, 0) is 0 Å². The first-order valence-corrected chi connectivity index (χ1v) is 4.58. The summed E-state index contributed by atoms with van der Waals surface area (Å²) in [5, 5.41) is 6.41. The van der Waals surface area contributed by atoms with Gasteiger partial charge in [-0.1, -0.05) is 12.1 Å². The molecule has 0 heterocycles. The number of hydrogen-bond donors (Lipinski definition) is 1. The van der Waals surface area contributed by atoms with Crippen LogP contribution in [0.1, 0.15) is 13.8 Å². The topological polar surface area (TPSA) is 36.8 Å². The van der Waals surface area contributed by atoms with Gasteiger partial charge in [0.05, 0.1) is 16.5 Å². The lowest BCUT2D eigenvalue weighted by Crippen LogP contribution is -1.92. The van der Waals surface area contributed by atoms with Crippen LogP contribution >= 0.6 is 12.2 Å². The Hall–Kier alpha value is -1.51. The van der Waals surface area contributed by atoms with Crippen LogP contribution in [0.15, 0.2) is 34.4 Å². The first-order valence-electron chi connectivity index (χ1n) is 4.18. The molecule has 0 aliphatic heterocycles. The first kappa shape index (κ1) is 10.6. The van der Waals surface area contributed by atoms with Crippen molar-refractivity contribution >= 4 is 34.5 Å². The van der Waals surface area contributed by atoms with Crippen LogP contribution in [0.25, 0.3) is 0 Å². The molecular weight excluding hydrogens is 194 g/mol. The quantitative estimate of drug-likeness (QED) is 0.467. The maximum atomic E-state index is 4.55. The third kappa shape index (κ3) is 3.09. The fourth-order valence-electron chi connectivity index (χ4n) is 0.887. The molecule has 1 aromatic rings. The van der Waals surface area contributed by atoms with Crippen molar-refractivity contribution in [3.63, 3.8) is 0 Å². The van der Waals surface area contributed by atoms with E-state index in [1.165, 1.54) is 0 Å². The van der Waals surface area contributed by atoms with E-state index in [0.29, 0.717) is 0 Å². The number of rotatable bonds is 3. The van der Waals surface area contributed by atoms with Crippen molar-refractivity contribution in [2.24, 2.45) is 10.1 Å². The largest absolute Gasteiger partial charge is 0.276 e. The number of aliphatic imine (C=N–C) groups is 1. The second-order valence-corrected chi connectivity index (χ2v) is 3.07. The van der Waals surface area contributed by atoms with Crippen LogP contribution in [0.5, 0.6) is 0 Å². The molecule has 4 heteroatoms. The predicted molar refractivity (Wildman–Crippen MR) is 63.5 cm³/mol. The molecule has 1 aromatic carbocycles. The minimum absolute atomic E-state index is 0.743. The zero-order valence-electron chi connectivity index (χ0n) is 8.11. The van der Waals surface area contributed by atoms with Gasteiger partial charge in [-0.15, -0.1) is 0 Å². The Morgan fingerprint density at radius 2 is 2.07 bits per heavy atom. The van der Waals surface area contributed by atoms with Gasteiger partial charge in [0.15, 0.2) is 0 Å². The van der Waals surface area contributed by atoms with Gasteiger partial charge in [-0.2, -0.15) is 10.1 Å². The van der Waals surface area contributed by atoms with Gasteiger partial charge in [-0.05, 0) is 38.2 Å². The second kappa shape index (κ2) is 5.27. The van der Waals surface area contributed by atoms with Crippen molar-refractivity contribution in [3.8, 4) is 0 Å². The monoisotopic (exact) mass is 205 g/mol. The maximum Gasteiger partial charge on any atom is 0.0989 e. The Bertz CT molecular complexity index is 388. The zero-order chi connectivity index (χ0) is 10.4. The molecule has 1 rings (SSSR count). The minimum Gasteiger partial charge on any atom is -0.276 e. The number of nitrogens with one attached hydrogen (secondary N) is 1. The van der Waals surface area contributed by atoms with Crippen LogP contribution < -0.4 is 5.43 Å².